The first-order valence-corrected chi connectivity index (χ1v) is 8.09. The van der Waals surface area contributed by atoms with Crippen LogP contribution in [0.2, 0.25) is 5.02 Å². The van der Waals surface area contributed by atoms with E-state index in [4.69, 9.17) is 26.3 Å². The van der Waals surface area contributed by atoms with E-state index in [1.807, 2.05) is 13.8 Å². The molecule has 0 amide bonds. The van der Waals surface area contributed by atoms with Crippen LogP contribution in [0, 0.1) is 13.8 Å². The first kappa shape index (κ1) is 19.6. The number of aromatic nitrogens is 2. The van der Waals surface area contributed by atoms with Gasteiger partial charge in [-0.15, -0.1) is 0 Å². The van der Waals surface area contributed by atoms with Gasteiger partial charge in [0.05, 0.1) is 24.0 Å². The molecule has 1 atom stereocenters. The molecule has 2 rings (SSSR count). The highest BCUT2D eigenvalue weighted by atomic mass is 35.5. The van der Waals surface area contributed by atoms with Crippen LogP contribution in [0.15, 0.2) is 17.3 Å². The normalized spacial score (nSPS) is 12.2. The lowest BCUT2D eigenvalue weighted by Crippen LogP contribution is -2.25. The second kappa shape index (κ2) is 8.09. The number of hydrogen-bond acceptors (Lipinski definition) is 7. The lowest BCUT2D eigenvalue weighted by Gasteiger charge is -2.16. The van der Waals surface area contributed by atoms with Gasteiger partial charge in [-0.1, -0.05) is 16.8 Å². The van der Waals surface area contributed by atoms with Gasteiger partial charge < -0.3 is 19.4 Å². The molecule has 8 nitrogen and oxygen atoms in total. The quantitative estimate of drug-likeness (QED) is 0.357. The maximum absolute atomic E-state index is 11.6. The zero-order chi connectivity index (χ0) is 19.4. The molecular weight excluding hydrogens is 362 g/mol. The second-order valence-corrected chi connectivity index (χ2v) is 6.00. The van der Waals surface area contributed by atoms with E-state index in [2.05, 4.69) is 15.0 Å². The summed E-state index contributed by atoms with van der Waals surface area (Å²) in [4.78, 5) is 11.6. The summed E-state index contributed by atoms with van der Waals surface area (Å²) in [5.41, 5.74) is 2.11. The van der Waals surface area contributed by atoms with Crippen LogP contribution in [0.5, 0.6) is 17.4 Å². The van der Waals surface area contributed by atoms with Crippen molar-refractivity contribution in [3.05, 3.63) is 34.0 Å². The average Bonchev–Trinajstić information content (AvgIpc) is 2.84. The third-order valence-electron chi connectivity index (χ3n) is 3.76. The Labute approximate surface area is 155 Å². The molecule has 1 aromatic heterocycles. The number of benzene rings is 1. The van der Waals surface area contributed by atoms with Crippen molar-refractivity contribution >= 4 is 23.8 Å². The zero-order valence-electron chi connectivity index (χ0n) is 15.1. The molecule has 1 aromatic carbocycles. The van der Waals surface area contributed by atoms with Crippen molar-refractivity contribution in [3.63, 3.8) is 0 Å². The Morgan fingerprint density at radius 1 is 1.38 bits per heavy atom. The Hall–Kier alpha value is -2.74. The van der Waals surface area contributed by atoms with E-state index in [9.17, 15) is 4.79 Å². The fourth-order valence-electron chi connectivity index (χ4n) is 2.29. The van der Waals surface area contributed by atoms with Crippen LogP contribution in [0.1, 0.15) is 23.7 Å². The maximum atomic E-state index is 11.6. The summed E-state index contributed by atoms with van der Waals surface area (Å²) in [6.45, 7) is 5.29. The molecule has 0 fully saturated rings. The average molecular weight is 382 g/mol. The van der Waals surface area contributed by atoms with Crippen molar-refractivity contribution in [1.29, 1.82) is 0 Å². The molecule has 26 heavy (non-hydrogen) atoms. The molecule has 0 radical (unpaired) electrons. The standard InChI is InChI=1S/C17H20ClN3O5/c1-9-10(2)20-21(4)16(9)26-14-7-15(25-11(3)17(22)24-5)13(18)6-12(14)8-19-23/h6-8,11,23H,1-5H3/b19-8+/t11-/m0/s1. The number of rotatable bonds is 6. The fraction of sp³-hybridized carbons (Fsp3) is 0.353. The first-order valence-electron chi connectivity index (χ1n) is 7.72. The maximum Gasteiger partial charge on any atom is 0.346 e. The van der Waals surface area contributed by atoms with Crippen molar-refractivity contribution in [2.75, 3.05) is 7.11 Å². The van der Waals surface area contributed by atoms with Gasteiger partial charge in [0.2, 0.25) is 5.88 Å². The zero-order valence-corrected chi connectivity index (χ0v) is 15.9. The molecule has 1 N–H and O–H groups in total. The first-order chi connectivity index (χ1) is 12.3. The highest BCUT2D eigenvalue weighted by Crippen LogP contribution is 2.36. The minimum absolute atomic E-state index is 0.223. The van der Waals surface area contributed by atoms with Crippen LogP contribution in [-0.2, 0) is 16.6 Å². The number of carbonyl (C=O) groups excluding carboxylic acids is 1. The van der Waals surface area contributed by atoms with E-state index < -0.39 is 12.1 Å². The van der Waals surface area contributed by atoms with Crippen molar-refractivity contribution in [3.8, 4) is 17.4 Å². The van der Waals surface area contributed by atoms with Gasteiger partial charge in [0.1, 0.15) is 11.5 Å². The highest BCUT2D eigenvalue weighted by Gasteiger charge is 2.20. The smallest absolute Gasteiger partial charge is 0.346 e. The third-order valence-corrected chi connectivity index (χ3v) is 4.06. The summed E-state index contributed by atoms with van der Waals surface area (Å²) in [5.74, 6) is 0.531. The van der Waals surface area contributed by atoms with E-state index in [0.29, 0.717) is 17.2 Å². The summed E-state index contributed by atoms with van der Waals surface area (Å²) < 4.78 is 17.7. The number of ether oxygens (including phenoxy) is 3. The number of methoxy groups -OCH3 is 1. The van der Waals surface area contributed by atoms with Crippen molar-refractivity contribution in [1.82, 2.24) is 9.78 Å². The topological polar surface area (TPSA) is 95.2 Å². The molecule has 0 unspecified atom stereocenters. The van der Waals surface area contributed by atoms with Gasteiger partial charge in [0.25, 0.3) is 0 Å². The molecule has 9 heteroatoms. The molecule has 0 saturated heterocycles. The molecule has 0 aliphatic rings. The lowest BCUT2D eigenvalue weighted by atomic mass is 10.2. The van der Waals surface area contributed by atoms with Crippen LogP contribution in [0.3, 0.4) is 0 Å². The molecule has 2 aromatic rings. The molecule has 0 aliphatic heterocycles. The Balaban J connectivity index is 2.45. The summed E-state index contributed by atoms with van der Waals surface area (Å²) in [6, 6.07) is 3.02. The number of hydrogen-bond donors (Lipinski definition) is 1. The molecule has 0 aliphatic carbocycles. The minimum Gasteiger partial charge on any atom is -0.477 e. The number of halogens is 1. The van der Waals surface area contributed by atoms with Gasteiger partial charge >= 0.3 is 5.97 Å². The van der Waals surface area contributed by atoms with Crippen LogP contribution < -0.4 is 9.47 Å². The van der Waals surface area contributed by atoms with E-state index in [-0.39, 0.29) is 10.8 Å². The number of carbonyl (C=O) groups is 1. The molecule has 0 spiro atoms. The predicted octanol–water partition coefficient (Wildman–Crippen LogP) is 3.23. The van der Waals surface area contributed by atoms with Crippen LogP contribution in [0.4, 0.5) is 0 Å². The Bertz CT molecular complexity index is 847. The largest absolute Gasteiger partial charge is 0.477 e. The Kier molecular flexibility index (Phi) is 6.10. The van der Waals surface area contributed by atoms with Gasteiger partial charge in [-0.25, -0.2) is 9.48 Å². The molecule has 140 valence electrons. The van der Waals surface area contributed by atoms with E-state index in [1.165, 1.54) is 25.5 Å². The number of oxime groups is 1. The summed E-state index contributed by atoms with van der Waals surface area (Å²) in [7, 11) is 3.02. The highest BCUT2D eigenvalue weighted by molar-refractivity contribution is 6.32. The lowest BCUT2D eigenvalue weighted by molar-refractivity contribution is -0.147. The third kappa shape index (κ3) is 4.08. The fourth-order valence-corrected chi connectivity index (χ4v) is 2.50. The van der Waals surface area contributed by atoms with Crippen LogP contribution >= 0.6 is 11.6 Å². The van der Waals surface area contributed by atoms with Crippen molar-refractivity contribution in [2.45, 2.75) is 26.9 Å². The van der Waals surface area contributed by atoms with Crippen molar-refractivity contribution < 1.29 is 24.2 Å². The monoisotopic (exact) mass is 381 g/mol. The number of esters is 1. The van der Waals surface area contributed by atoms with Gasteiger partial charge in [-0.05, 0) is 26.8 Å². The van der Waals surface area contributed by atoms with Gasteiger partial charge in [-0.3, -0.25) is 0 Å². The number of nitrogens with zero attached hydrogens (tertiary/aromatic N) is 3. The summed E-state index contributed by atoms with van der Waals surface area (Å²) in [6.07, 6.45) is 0.330. The Morgan fingerprint density at radius 3 is 2.62 bits per heavy atom. The SMILES string of the molecule is COC(=O)[C@H](C)Oc1cc(Oc2c(C)c(C)nn2C)c(/C=N/O)cc1Cl. The van der Waals surface area contributed by atoms with Gasteiger partial charge in [0.15, 0.2) is 6.10 Å². The molecule has 0 bridgehead atoms. The van der Waals surface area contributed by atoms with E-state index in [1.54, 1.807) is 18.7 Å². The van der Waals surface area contributed by atoms with Crippen molar-refractivity contribution in [2.24, 2.45) is 12.2 Å². The van der Waals surface area contributed by atoms with E-state index >= 15 is 0 Å². The predicted molar refractivity (Wildman–Crippen MR) is 95.7 cm³/mol. The van der Waals surface area contributed by atoms with E-state index in [0.717, 1.165) is 11.3 Å². The summed E-state index contributed by atoms with van der Waals surface area (Å²) in [5, 5.41) is 16.4. The van der Waals surface area contributed by atoms with Gasteiger partial charge in [-0.2, -0.15) is 5.10 Å². The summed E-state index contributed by atoms with van der Waals surface area (Å²) >= 11 is 6.21. The van der Waals surface area contributed by atoms with Crippen LogP contribution in [0.25, 0.3) is 0 Å². The second-order valence-electron chi connectivity index (χ2n) is 5.59. The molecule has 0 saturated carbocycles. The molecular formula is C17H20ClN3O5. The Morgan fingerprint density at radius 2 is 2.08 bits per heavy atom. The minimum atomic E-state index is -0.858. The van der Waals surface area contributed by atoms with Gasteiger partial charge in [0, 0.05) is 24.2 Å². The number of aryl methyl sites for hydroxylation is 2. The molecule has 1 heterocycles. The van der Waals surface area contributed by atoms with Crippen LogP contribution in [-0.4, -0.2) is 40.4 Å².